The van der Waals surface area contributed by atoms with Gasteiger partial charge in [0.05, 0.1) is 29.3 Å². The molecule has 1 saturated heterocycles. The highest BCUT2D eigenvalue weighted by molar-refractivity contribution is 7.99. The number of rotatable bonds is 8. The van der Waals surface area contributed by atoms with Crippen molar-refractivity contribution in [2.24, 2.45) is 5.92 Å². The number of fused-ring (bicyclic) bond motifs is 1. The molecule has 2 heterocycles. The van der Waals surface area contributed by atoms with E-state index in [1.54, 1.807) is 22.8 Å². The zero-order chi connectivity index (χ0) is 20.1. The number of nitrogens with zero attached hydrogens (tertiary/aromatic N) is 2. The third-order valence-electron chi connectivity index (χ3n) is 4.67. The van der Waals surface area contributed by atoms with Crippen molar-refractivity contribution < 1.29 is 9.53 Å². The molecule has 1 aromatic heterocycles. The van der Waals surface area contributed by atoms with E-state index in [2.05, 4.69) is 24.1 Å². The summed E-state index contributed by atoms with van der Waals surface area (Å²) in [4.78, 5) is 29.8. The SMILES string of the molecule is CC(C)CCNC(=O)CSc1nc2cc(Cl)ccc2c(=O)n1C[C@@H]1CCCO1. The molecule has 0 saturated carbocycles. The van der Waals surface area contributed by atoms with Gasteiger partial charge < -0.3 is 10.1 Å². The van der Waals surface area contributed by atoms with Crippen LogP contribution in [0.3, 0.4) is 0 Å². The van der Waals surface area contributed by atoms with Crippen LogP contribution < -0.4 is 10.9 Å². The molecule has 0 unspecified atom stereocenters. The van der Waals surface area contributed by atoms with E-state index in [0.717, 1.165) is 25.9 Å². The molecule has 1 aliphatic heterocycles. The highest BCUT2D eigenvalue weighted by Crippen LogP contribution is 2.22. The van der Waals surface area contributed by atoms with Crippen molar-refractivity contribution in [3.8, 4) is 0 Å². The van der Waals surface area contributed by atoms with Crippen molar-refractivity contribution >= 4 is 40.2 Å². The van der Waals surface area contributed by atoms with Crippen LogP contribution >= 0.6 is 23.4 Å². The van der Waals surface area contributed by atoms with Gasteiger partial charge in [-0.05, 0) is 43.4 Å². The van der Waals surface area contributed by atoms with Gasteiger partial charge in [0.2, 0.25) is 5.91 Å². The van der Waals surface area contributed by atoms with Crippen molar-refractivity contribution in [3.63, 3.8) is 0 Å². The fraction of sp³-hybridized carbons (Fsp3) is 0.550. The summed E-state index contributed by atoms with van der Waals surface area (Å²) in [6.45, 7) is 6.06. The summed E-state index contributed by atoms with van der Waals surface area (Å²) in [7, 11) is 0. The van der Waals surface area contributed by atoms with Gasteiger partial charge in [-0.15, -0.1) is 0 Å². The number of amides is 1. The Bertz CT molecular complexity index is 894. The minimum Gasteiger partial charge on any atom is -0.376 e. The molecule has 6 nitrogen and oxygen atoms in total. The van der Waals surface area contributed by atoms with E-state index in [9.17, 15) is 9.59 Å². The molecule has 0 radical (unpaired) electrons. The van der Waals surface area contributed by atoms with Crippen LogP contribution in [-0.4, -0.2) is 40.5 Å². The molecule has 0 aliphatic carbocycles. The second-order valence-corrected chi connectivity index (χ2v) is 8.81. The highest BCUT2D eigenvalue weighted by Gasteiger charge is 2.20. The van der Waals surface area contributed by atoms with E-state index in [1.165, 1.54) is 11.8 Å². The van der Waals surface area contributed by atoms with Gasteiger partial charge in [-0.25, -0.2) is 4.98 Å². The summed E-state index contributed by atoms with van der Waals surface area (Å²) in [6.07, 6.45) is 2.86. The lowest BCUT2D eigenvalue weighted by atomic mass is 10.1. The first-order valence-corrected chi connectivity index (χ1v) is 11.0. The number of hydrogen-bond acceptors (Lipinski definition) is 5. The van der Waals surface area contributed by atoms with Gasteiger partial charge in [-0.3, -0.25) is 14.2 Å². The largest absolute Gasteiger partial charge is 0.376 e. The van der Waals surface area contributed by atoms with Crippen LogP contribution in [0.4, 0.5) is 0 Å². The molecule has 28 heavy (non-hydrogen) atoms. The minimum atomic E-state index is -0.125. The Morgan fingerprint density at radius 3 is 3.00 bits per heavy atom. The molecule has 3 rings (SSSR count). The van der Waals surface area contributed by atoms with Crippen LogP contribution in [0.25, 0.3) is 10.9 Å². The third kappa shape index (κ3) is 5.49. The number of halogens is 1. The molecule has 1 fully saturated rings. The van der Waals surface area contributed by atoms with Gasteiger partial charge in [0.15, 0.2) is 5.16 Å². The van der Waals surface area contributed by atoms with Crippen LogP contribution in [0.2, 0.25) is 5.02 Å². The molecule has 1 N–H and O–H groups in total. The molecule has 0 spiro atoms. The third-order valence-corrected chi connectivity index (χ3v) is 5.88. The van der Waals surface area contributed by atoms with Crippen LogP contribution in [0, 0.1) is 5.92 Å². The first-order valence-electron chi connectivity index (χ1n) is 9.65. The zero-order valence-electron chi connectivity index (χ0n) is 16.2. The smallest absolute Gasteiger partial charge is 0.262 e. The van der Waals surface area contributed by atoms with Crippen molar-refractivity contribution in [2.75, 3.05) is 18.9 Å². The van der Waals surface area contributed by atoms with E-state index in [1.807, 2.05) is 0 Å². The Labute approximate surface area is 174 Å². The summed E-state index contributed by atoms with van der Waals surface area (Å²) < 4.78 is 7.34. The monoisotopic (exact) mass is 423 g/mol. The van der Waals surface area contributed by atoms with E-state index in [4.69, 9.17) is 16.3 Å². The number of nitrogens with one attached hydrogen (secondary N) is 1. The molecule has 8 heteroatoms. The molecule has 1 amide bonds. The Hall–Kier alpha value is -1.57. The van der Waals surface area contributed by atoms with Crippen LogP contribution in [0.15, 0.2) is 28.2 Å². The molecule has 2 aromatic rings. The minimum absolute atomic E-state index is 0.00321. The molecular weight excluding hydrogens is 398 g/mol. The number of ether oxygens (including phenoxy) is 1. The number of hydrogen-bond donors (Lipinski definition) is 1. The number of carbonyl (C=O) groups is 1. The predicted molar refractivity (Wildman–Crippen MR) is 113 cm³/mol. The molecule has 1 atom stereocenters. The van der Waals surface area contributed by atoms with Crippen LogP contribution in [0.1, 0.15) is 33.1 Å². The summed E-state index contributed by atoms with van der Waals surface area (Å²) in [6, 6.07) is 5.08. The van der Waals surface area contributed by atoms with Gasteiger partial charge in [0.1, 0.15) is 0 Å². The number of carbonyl (C=O) groups excluding carboxylic acids is 1. The molecule has 152 valence electrons. The van der Waals surface area contributed by atoms with Gasteiger partial charge >= 0.3 is 0 Å². The Kier molecular flexibility index (Phi) is 7.37. The van der Waals surface area contributed by atoms with E-state index in [-0.39, 0.29) is 23.3 Å². The summed E-state index contributed by atoms with van der Waals surface area (Å²) in [5.41, 5.74) is 0.420. The topological polar surface area (TPSA) is 73.2 Å². The fourth-order valence-electron chi connectivity index (χ4n) is 3.12. The second kappa shape index (κ2) is 9.76. The number of benzene rings is 1. The van der Waals surface area contributed by atoms with Crippen LogP contribution in [-0.2, 0) is 16.1 Å². The average molecular weight is 424 g/mol. The average Bonchev–Trinajstić information content (AvgIpc) is 3.15. The van der Waals surface area contributed by atoms with E-state index >= 15 is 0 Å². The summed E-state index contributed by atoms with van der Waals surface area (Å²) >= 11 is 7.34. The van der Waals surface area contributed by atoms with Crippen molar-refractivity contribution in [1.29, 1.82) is 0 Å². The Morgan fingerprint density at radius 2 is 2.29 bits per heavy atom. The van der Waals surface area contributed by atoms with Gasteiger partial charge in [0.25, 0.3) is 5.56 Å². The molecular formula is C20H26ClN3O3S. The maximum Gasteiger partial charge on any atom is 0.262 e. The second-order valence-electron chi connectivity index (χ2n) is 7.43. The Morgan fingerprint density at radius 1 is 1.46 bits per heavy atom. The maximum absolute atomic E-state index is 13.1. The maximum atomic E-state index is 13.1. The normalized spacial score (nSPS) is 16.8. The summed E-state index contributed by atoms with van der Waals surface area (Å²) in [5.74, 6) is 0.688. The molecule has 1 aliphatic rings. The quantitative estimate of drug-likeness (QED) is 0.519. The van der Waals surface area contributed by atoms with Crippen molar-refractivity contribution in [3.05, 3.63) is 33.6 Å². The standard InChI is InChI=1S/C20H26ClN3O3S/c1-13(2)7-8-22-18(25)12-28-20-23-17-10-14(21)5-6-16(17)19(26)24(20)11-15-4-3-9-27-15/h5-6,10,13,15H,3-4,7-9,11-12H2,1-2H3,(H,22,25)/t15-/m0/s1. The van der Waals surface area contributed by atoms with Crippen molar-refractivity contribution in [2.45, 2.75) is 50.9 Å². The van der Waals surface area contributed by atoms with Gasteiger partial charge in [0, 0.05) is 18.2 Å². The van der Waals surface area contributed by atoms with E-state index in [0.29, 0.717) is 40.1 Å². The van der Waals surface area contributed by atoms with Gasteiger partial charge in [-0.2, -0.15) is 0 Å². The predicted octanol–water partition coefficient (Wildman–Crippen LogP) is 3.48. The fourth-order valence-corrected chi connectivity index (χ4v) is 4.12. The lowest BCUT2D eigenvalue weighted by Gasteiger charge is -2.16. The van der Waals surface area contributed by atoms with Crippen LogP contribution in [0.5, 0.6) is 0 Å². The lowest BCUT2D eigenvalue weighted by Crippen LogP contribution is -2.30. The van der Waals surface area contributed by atoms with E-state index < -0.39 is 0 Å². The summed E-state index contributed by atoms with van der Waals surface area (Å²) in [5, 5.41) is 4.49. The number of aromatic nitrogens is 2. The lowest BCUT2D eigenvalue weighted by molar-refractivity contribution is -0.118. The Balaban J connectivity index is 1.81. The molecule has 0 bridgehead atoms. The van der Waals surface area contributed by atoms with Gasteiger partial charge in [-0.1, -0.05) is 37.2 Å². The molecule has 1 aromatic carbocycles. The first-order chi connectivity index (χ1) is 13.4. The highest BCUT2D eigenvalue weighted by atomic mass is 35.5. The number of thioether (sulfide) groups is 1. The van der Waals surface area contributed by atoms with Crippen molar-refractivity contribution in [1.82, 2.24) is 14.9 Å². The first kappa shape index (κ1) is 21.1. The zero-order valence-corrected chi connectivity index (χ0v) is 17.8.